The molecule has 108 valence electrons. The first-order valence-electron chi connectivity index (χ1n) is 6.81. The molecule has 0 aliphatic carbocycles. The Morgan fingerprint density at radius 3 is 2.30 bits per heavy atom. The Kier molecular flexibility index (Phi) is 5.97. The predicted octanol–water partition coefficient (Wildman–Crippen LogP) is 3.05. The lowest BCUT2D eigenvalue weighted by Gasteiger charge is -2.27. The van der Waals surface area contributed by atoms with Gasteiger partial charge in [-0.25, -0.2) is 4.79 Å². The summed E-state index contributed by atoms with van der Waals surface area (Å²) >= 11 is 0. The molecular weight excluding hydrogens is 254 g/mol. The van der Waals surface area contributed by atoms with Gasteiger partial charge in [-0.2, -0.15) is 0 Å². The molecule has 0 bridgehead atoms. The SMILES string of the molecule is CCC(C)N(CC)C(=O)c1ccc(C=CC(=O)O)cc1. The first kappa shape index (κ1) is 16.0. The molecule has 1 atom stereocenters. The molecule has 1 aromatic rings. The summed E-state index contributed by atoms with van der Waals surface area (Å²) < 4.78 is 0. The van der Waals surface area contributed by atoms with Gasteiger partial charge in [-0.3, -0.25) is 4.79 Å². The third-order valence-electron chi connectivity index (χ3n) is 3.30. The van der Waals surface area contributed by atoms with Gasteiger partial charge in [0, 0.05) is 24.2 Å². The second kappa shape index (κ2) is 7.48. The van der Waals surface area contributed by atoms with Crippen molar-refractivity contribution < 1.29 is 14.7 Å². The summed E-state index contributed by atoms with van der Waals surface area (Å²) in [6.45, 7) is 6.73. The fraction of sp³-hybridized carbons (Fsp3) is 0.375. The van der Waals surface area contributed by atoms with Gasteiger partial charge in [-0.05, 0) is 44.0 Å². The molecule has 0 fully saturated rings. The Morgan fingerprint density at radius 2 is 1.85 bits per heavy atom. The van der Waals surface area contributed by atoms with Crippen LogP contribution in [-0.2, 0) is 4.79 Å². The van der Waals surface area contributed by atoms with Gasteiger partial charge in [0.1, 0.15) is 0 Å². The summed E-state index contributed by atoms with van der Waals surface area (Å²) in [5.41, 5.74) is 1.38. The van der Waals surface area contributed by atoms with Crippen LogP contribution in [0.4, 0.5) is 0 Å². The van der Waals surface area contributed by atoms with Gasteiger partial charge in [-0.1, -0.05) is 19.1 Å². The van der Waals surface area contributed by atoms with E-state index in [1.807, 2.05) is 18.7 Å². The van der Waals surface area contributed by atoms with E-state index in [9.17, 15) is 9.59 Å². The van der Waals surface area contributed by atoms with Gasteiger partial charge >= 0.3 is 5.97 Å². The summed E-state index contributed by atoms with van der Waals surface area (Å²) in [4.78, 5) is 24.6. The molecule has 1 amide bonds. The molecule has 1 unspecified atom stereocenters. The van der Waals surface area contributed by atoms with E-state index in [1.54, 1.807) is 24.3 Å². The minimum Gasteiger partial charge on any atom is -0.478 e. The van der Waals surface area contributed by atoms with Crippen LogP contribution in [0.3, 0.4) is 0 Å². The van der Waals surface area contributed by atoms with Crippen molar-refractivity contribution in [1.82, 2.24) is 4.90 Å². The monoisotopic (exact) mass is 275 g/mol. The molecule has 0 aliphatic rings. The van der Waals surface area contributed by atoms with Crippen LogP contribution in [0, 0.1) is 0 Å². The summed E-state index contributed by atoms with van der Waals surface area (Å²) in [6, 6.07) is 7.16. The zero-order valence-electron chi connectivity index (χ0n) is 12.2. The predicted molar refractivity (Wildman–Crippen MR) is 79.6 cm³/mol. The van der Waals surface area contributed by atoms with Crippen molar-refractivity contribution in [3.05, 3.63) is 41.5 Å². The number of rotatable bonds is 6. The van der Waals surface area contributed by atoms with Crippen molar-refractivity contribution in [3.63, 3.8) is 0 Å². The van der Waals surface area contributed by atoms with Crippen LogP contribution in [0.1, 0.15) is 43.1 Å². The minimum atomic E-state index is -0.987. The largest absolute Gasteiger partial charge is 0.478 e. The van der Waals surface area contributed by atoms with E-state index in [0.717, 1.165) is 18.1 Å². The molecule has 1 N–H and O–H groups in total. The molecule has 0 spiro atoms. The first-order chi connectivity index (χ1) is 9.49. The third kappa shape index (κ3) is 4.23. The quantitative estimate of drug-likeness (QED) is 0.812. The van der Waals surface area contributed by atoms with Crippen LogP contribution in [0.5, 0.6) is 0 Å². The molecule has 20 heavy (non-hydrogen) atoms. The maximum Gasteiger partial charge on any atom is 0.328 e. The number of carbonyl (C=O) groups is 2. The van der Waals surface area contributed by atoms with E-state index < -0.39 is 5.97 Å². The number of hydrogen-bond donors (Lipinski definition) is 1. The smallest absolute Gasteiger partial charge is 0.328 e. The lowest BCUT2D eigenvalue weighted by molar-refractivity contribution is -0.131. The maximum absolute atomic E-state index is 12.4. The molecule has 1 aromatic carbocycles. The van der Waals surface area contributed by atoms with E-state index in [1.165, 1.54) is 6.08 Å². The molecule has 0 heterocycles. The maximum atomic E-state index is 12.4. The fourth-order valence-electron chi connectivity index (χ4n) is 1.95. The number of hydrogen-bond acceptors (Lipinski definition) is 2. The average Bonchev–Trinajstić information content (AvgIpc) is 2.45. The molecule has 0 saturated carbocycles. The van der Waals surface area contributed by atoms with Crippen molar-refractivity contribution >= 4 is 18.0 Å². The highest BCUT2D eigenvalue weighted by Gasteiger charge is 2.18. The fourth-order valence-corrected chi connectivity index (χ4v) is 1.95. The Hall–Kier alpha value is -2.10. The zero-order chi connectivity index (χ0) is 15.1. The molecule has 4 heteroatoms. The van der Waals surface area contributed by atoms with Gasteiger partial charge < -0.3 is 10.0 Å². The number of carboxylic acids is 1. The van der Waals surface area contributed by atoms with Crippen LogP contribution >= 0.6 is 0 Å². The van der Waals surface area contributed by atoms with Gasteiger partial charge in [0.2, 0.25) is 0 Å². The molecule has 4 nitrogen and oxygen atoms in total. The lowest BCUT2D eigenvalue weighted by Crippen LogP contribution is -2.38. The summed E-state index contributed by atoms with van der Waals surface area (Å²) in [5, 5.41) is 8.56. The number of aliphatic carboxylic acids is 1. The molecule has 0 radical (unpaired) electrons. The molecule has 0 saturated heterocycles. The lowest BCUT2D eigenvalue weighted by atomic mass is 10.1. The number of carbonyl (C=O) groups excluding carboxylic acids is 1. The number of nitrogens with zero attached hydrogens (tertiary/aromatic N) is 1. The highest BCUT2D eigenvalue weighted by atomic mass is 16.4. The van der Waals surface area contributed by atoms with Crippen molar-refractivity contribution in [3.8, 4) is 0 Å². The van der Waals surface area contributed by atoms with Crippen molar-refractivity contribution in [1.29, 1.82) is 0 Å². The van der Waals surface area contributed by atoms with Crippen LogP contribution in [0.15, 0.2) is 30.3 Å². The van der Waals surface area contributed by atoms with Gasteiger partial charge in [0.25, 0.3) is 5.91 Å². The first-order valence-corrected chi connectivity index (χ1v) is 6.81. The molecule has 0 aromatic heterocycles. The second-order valence-electron chi connectivity index (χ2n) is 4.64. The Bertz CT molecular complexity index is 491. The Morgan fingerprint density at radius 1 is 1.25 bits per heavy atom. The topological polar surface area (TPSA) is 57.6 Å². The van der Waals surface area contributed by atoms with Crippen LogP contribution in [0.25, 0.3) is 6.08 Å². The van der Waals surface area contributed by atoms with E-state index >= 15 is 0 Å². The van der Waals surface area contributed by atoms with Gasteiger partial charge in [-0.15, -0.1) is 0 Å². The highest BCUT2D eigenvalue weighted by molar-refractivity contribution is 5.94. The van der Waals surface area contributed by atoms with Crippen molar-refractivity contribution in [2.45, 2.75) is 33.2 Å². The number of benzene rings is 1. The molecule has 1 rings (SSSR count). The second-order valence-corrected chi connectivity index (χ2v) is 4.64. The van der Waals surface area contributed by atoms with Gasteiger partial charge in [0.15, 0.2) is 0 Å². The van der Waals surface area contributed by atoms with Crippen LogP contribution < -0.4 is 0 Å². The standard InChI is InChI=1S/C16H21NO3/c1-4-12(3)17(5-2)16(20)14-9-6-13(7-10-14)8-11-15(18)19/h6-12H,4-5H2,1-3H3,(H,18,19). The van der Waals surface area contributed by atoms with E-state index in [4.69, 9.17) is 5.11 Å². The molecular formula is C16H21NO3. The molecule has 0 aliphatic heterocycles. The Balaban J connectivity index is 2.87. The Labute approximate surface area is 119 Å². The van der Waals surface area contributed by atoms with Crippen molar-refractivity contribution in [2.75, 3.05) is 6.54 Å². The van der Waals surface area contributed by atoms with E-state index in [0.29, 0.717) is 12.1 Å². The highest BCUT2D eigenvalue weighted by Crippen LogP contribution is 2.12. The zero-order valence-corrected chi connectivity index (χ0v) is 12.2. The van der Waals surface area contributed by atoms with E-state index in [-0.39, 0.29) is 11.9 Å². The summed E-state index contributed by atoms with van der Waals surface area (Å²) in [6.07, 6.45) is 3.50. The number of amides is 1. The summed E-state index contributed by atoms with van der Waals surface area (Å²) in [7, 11) is 0. The van der Waals surface area contributed by atoms with Crippen molar-refractivity contribution in [2.24, 2.45) is 0 Å². The van der Waals surface area contributed by atoms with Crippen LogP contribution in [-0.4, -0.2) is 34.5 Å². The average molecular weight is 275 g/mol. The normalized spacial score (nSPS) is 12.3. The van der Waals surface area contributed by atoms with E-state index in [2.05, 4.69) is 6.92 Å². The third-order valence-corrected chi connectivity index (χ3v) is 3.30. The van der Waals surface area contributed by atoms with Gasteiger partial charge in [0.05, 0.1) is 0 Å². The minimum absolute atomic E-state index is 0.00983. The summed E-state index contributed by atoms with van der Waals surface area (Å²) in [5.74, 6) is -0.977. The number of carboxylic acid groups (broad SMARTS) is 1. The van der Waals surface area contributed by atoms with Crippen LogP contribution in [0.2, 0.25) is 0 Å².